The molecule has 11 nitrogen and oxygen atoms in total. The minimum Gasteiger partial charge on any atom is -0.475 e. The van der Waals surface area contributed by atoms with Crippen LogP contribution in [0.4, 0.5) is 11.6 Å². The minimum atomic E-state index is -4.16. The Hall–Kier alpha value is -4.26. The van der Waals surface area contributed by atoms with E-state index >= 15 is 0 Å². The molecule has 13 heteroatoms. The van der Waals surface area contributed by atoms with E-state index in [1.807, 2.05) is 50.4 Å². The zero-order valence-electron chi connectivity index (χ0n) is 28.5. The van der Waals surface area contributed by atoms with Crippen LogP contribution in [0.25, 0.3) is 11.3 Å². The number of halogens is 1. The molecule has 1 fully saturated rings. The van der Waals surface area contributed by atoms with E-state index in [0.29, 0.717) is 31.0 Å². The number of pyridine rings is 1. The number of carbonyl (C=O) groups excluding carboxylic acids is 1. The summed E-state index contributed by atoms with van der Waals surface area (Å²) in [4.78, 5) is 32.2. The van der Waals surface area contributed by atoms with Crippen molar-refractivity contribution in [1.29, 1.82) is 0 Å². The predicted octanol–water partition coefficient (Wildman–Crippen LogP) is 6.05. The van der Waals surface area contributed by atoms with Crippen molar-refractivity contribution < 1.29 is 22.7 Å². The molecular formula is C36H43ClN6O5S. The van der Waals surface area contributed by atoms with Gasteiger partial charge in [-0.25, -0.2) is 18.1 Å². The number of sulfonamides is 1. The number of carbonyl (C=O) groups is 1. The summed E-state index contributed by atoms with van der Waals surface area (Å²) < 4.78 is 41.7. The fourth-order valence-electron chi connectivity index (χ4n) is 6.24. The van der Waals surface area contributed by atoms with Crippen molar-refractivity contribution in [2.24, 2.45) is 5.41 Å². The van der Waals surface area contributed by atoms with Gasteiger partial charge >= 0.3 is 0 Å². The first-order chi connectivity index (χ1) is 22.9. The maximum Gasteiger partial charge on any atom is 0.264 e. The molecule has 2 aliphatic rings. The Morgan fingerprint density at radius 1 is 0.959 bits per heavy atom. The zero-order valence-corrected chi connectivity index (χ0v) is 30.1. The number of amides is 1. The number of nitrogens with zero attached hydrogens (tertiary/aromatic N) is 5. The maximum absolute atomic E-state index is 14.4. The highest BCUT2D eigenvalue weighted by Crippen LogP contribution is 2.32. The normalized spacial score (nSPS) is 17.8. The van der Waals surface area contributed by atoms with Gasteiger partial charge in [0.25, 0.3) is 15.9 Å². The lowest BCUT2D eigenvalue weighted by Crippen LogP contribution is -2.45. The molecule has 1 N–H and O–H groups in total. The average molecular weight is 707 g/mol. The van der Waals surface area contributed by atoms with Crippen molar-refractivity contribution >= 4 is 40.0 Å². The first kappa shape index (κ1) is 36.0. The zero-order chi connectivity index (χ0) is 34.1. The molecule has 0 saturated carbocycles. The molecule has 0 aliphatic carbocycles. The van der Waals surface area contributed by atoms with Gasteiger partial charge in [0.2, 0.25) is 11.8 Å². The molecule has 0 spiro atoms. The molecular weight excluding hydrogens is 664 g/mol. The third-order valence-electron chi connectivity index (χ3n) is 8.55. The Morgan fingerprint density at radius 2 is 1.67 bits per heavy atom. The van der Waals surface area contributed by atoms with Gasteiger partial charge in [-0.15, -0.1) is 12.4 Å². The SMILES string of the molecule is Cc1cccc(C)c1-c1cc2nc(n1)NS(=O)(=O)c1cccc(c1)C(=O)N(Cc1ccc(N3CCOCC3)cn1)[C@H](CC(C)(C)C)CO2.Cl. The molecule has 2 aliphatic heterocycles. The number of aromatic nitrogens is 3. The van der Waals surface area contributed by atoms with E-state index in [0.717, 1.165) is 35.5 Å². The van der Waals surface area contributed by atoms with E-state index in [1.165, 1.54) is 12.1 Å². The van der Waals surface area contributed by atoms with E-state index in [2.05, 4.69) is 40.4 Å². The van der Waals surface area contributed by atoms with Crippen molar-refractivity contribution in [2.75, 3.05) is 42.5 Å². The number of aryl methyl sites for hydroxylation is 2. The Morgan fingerprint density at radius 3 is 2.35 bits per heavy atom. The summed E-state index contributed by atoms with van der Waals surface area (Å²) in [5.41, 5.74) is 5.12. The van der Waals surface area contributed by atoms with Gasteiger partial charge in [0, 0.05) is 30.3 Å². The van der Waals surface area contributed by atoms with E-state index in [4.69, 9.17) is 14.5 Å². The molecule has 1 amide bonds. The molecule has 4 bridgehead atoms. The van der Waals surface area contributed by atoms with Crippen LogP contribution in [0.5, 0.6) is 5.88 Å². The Bertz CT molecular complexity index is 1890. The Labute approximate surface area is 294 Å². The second kappa shape index (κ2) is 14.7. The van der Waals surface area contributed by atoms with E-state index < -0.39 is 16.1 Å². The number of benzene rings is 2. The monoisotopic (exact) mass is 706 g/mol. The van der Waals surface area contributed by atoms with Crippen LogP contribution in [0.2, 0.25) is 0 Å². The third kappa shape index (κ3) is 8.49. The van der Waals surface area contributed by atoms with Crippen LogP contribution < -0.4 is 14.4 Å². The van der Waals surface area contributed by atoms with Crippen LogP contribution in [-0.4, -0.2) is 73.1 Å². The first-order valence-electron chi connectivity index (χ1n) is 16.2. The molecule has 2 aromatic carbocycles. The van der Waals surface area contributed by atoms with Gasteiger partial charge in [-0.05, 0) is 67.1 Å². The predicted molar refractivity (Wildman–Crippen MR) is 192 cm³/mol. The molecule has 1 saturated heterocycles. The second-order valence-electron chi connectivity index (χ2n) is 13.6. The topological polar surface area (TPSA) is 127 Å². The highest BCUT2D eigenvalue weighted by Gasteiger charge is 2.32. The number of hydrogen-bond donors (Lipinski definition) is 1. The van der Waals surface area contributed by atoms with Gasteiger partial charge in [-0.2, -0.15) is 4.98 Å². The molecule has 4 heterocycles. The summed E-state index contributed by atoms with van der Waals surface area (Å²) in [5, 5.41) is 0. The van der Waals surface area contributed by atoms with Gasteiger partial charge < -0.3 is 19.3 Å². The lowest BCUT2D eigenvalue weighted by Gasteiger charge is -2.35. The van der Waals surface area contributed by atoms with E-state index in [-0.39, 0.29) is 59.2 Å². The Balaban J connectivity index is 0.00000468. The number of anilines is 2. The summed E-state index contributed by atoms with van der Waals surface area (Å²) in [5.74, 6) is -0.238. The summed E-state index contributed by atoms with van der Waals surface area (Å²) >= 11 is 0. The molecule has 260 valence electrons. The van der Waals surface area contributed by atoms with Crippen LogP contribution >= 0.6 is 12.4 Å². The summed E-state index contributed by atoms with van der Waals surface area (Å²) in [6.07, 6.45) is 2.43. The number of morpholine rings is 1. The van der Waals surface area contributed by atoms with E-state index in [1.54, 1.807) is 23.1 Å². The smallest absolute Gasteiger partial charge is 0.264 e. The molecule has 4 aromatic rings. The fourth-order valence-corrected chi connectivity index (χ4v) is 7.23. The largest absolute Gasteiger partial charge is 0.475 e. The molecule has 49 heavy (non-hydrogen) atoms. The summed E-state index contributed by atoms with van der Waals surface area (Å²) in [6, 6.07) is 17.2. The minimum absolute atomic E-state index is 0. The first-order valence-corrected chi connectivity index (χ1v) is 17.6. The van der Waals surface area contributed by atoms with Gasteiger partial charge in [0.15, 0.2) is 0 Å². The van der Waals surface area contributed by atoms with Crippen molar-refractivity contribution in [1.82, 2.24) is 19.9 Å². The van der Waals surface area contributed by atoms with Gasteiger partial charge in [0.05, 0.1) is 54.0 Å². The highest BCUT2D eigenvalue weighted by atomic mass is 35.5. The standard InChI is InChI=1S/C36H42N6O5S.ClH/c1-24-8-6-9-25(2)33(24)31-19-32-39-35(38-31)40-48(44,45)30-11-7-10-26(18-30)34(43)42(29(23-47-32)20-36(3,4)5)22-27-12-13-28(21-37-27)41-14-16-46-17-15-41;/h6-13,18-19,21,29H,14-17,20,22-23H2,1-5H3,(H,38,39,40);1H/t29-;/m1./s1. The Kier molecular flexibility index (Phi) is 10.8. The number of fused-ring (bicyclic) bond motifs is 4. The van der Waals surface area contributed by atoms with Crippen LogP contribution in [0.15, 0.2) is 71.8 Å². The van der Waals surface area contributed by atoms with Crippen LogP contribution in [0.1, 0.15) is 54.4 Å². The van der Waals surface area contributed by atoms with Crippen LogP contribution in [0.3, 0.4) is 0 Å². The lowest BCUT2D eigenvalue weighted by molar-refractivity contribution is 0.0509. The van der Waals surface area contributed by atoms with Crippen molar-refractivity contribution in [3.05, 3.63) is 89.2 Å². The number of rotatable bonds is 5. The molecule has 0 radical (unpaired) electrons. The summed E-state index contributed by atoms with van der Waals surface area (Å²) in [7, 11) is -4.16. The van der Waals surface area contributed by atoms with Crippen LogP contribution in [0, 0.1) is 19.3 Å². The van der Waals surface area contributed by atoms with Crippen molar-refractivity contribution in [3.8, 4) is 17.1 Å². The van der Waals surface area contributed by atoms with Gasteiger partial charge in [-0.3, -0.25) is 9.78 Å². The highest BCUT2D eigenvalue weighted by molar-refractivity contribution is 7.92. The second-order valence-corrected chi connectivity index (χ2v) is 15.3. The van der Waals surface area contributed by atoms with Gasteiger partial charge in [0.1, 0.15) is 6.61 Å². The van der Waals surface area contributed by atoms with E-state index in [9.17, 15) is 13.2 Å². The van der Waals surface area contributed by atoms with Crippen molar-refractivity contribution in [2.45, 2.75) is 58.5 Å². The fraction of sp³-hybridized carbons (Fsp3) is 0.389. The third-order valence-corrected chi connectivity index (χ3v) is 9.87. The molecule has 0 unspecified atom stereocenters. The molecule has 2 aromatic heterocycles. The average Bonchev–Trinajstić information content (AvgIpc) is 3.05. The van der Waals surface area contributed by atoms with Crippen molar-refractivity contribution in [3.63, 3.8) is 0 Å². The lowest BCUT2D eigenvalue weighted by atomic mass is 9.87. The summed E-state index contributed by atoms with van der Waals surface area (Å²) in [6.45, 7) is 13.5. The number of hydrogen-bond acceptors (Lipinski definition) is 9. The molecule has 6 rings (SSSR count). The number of nitrogens with one attached hydrogen (secondary N) is 1. The van der Waals surface area contributed by atoms with Crippen LogP contribution in [-0.2, 0) is 21.3 Å². The quantitative estimate of drug-likeness (QED) is 0.264. The van der Waals surface area contributed by atoms with Gasteiger partial charge in [-0.1, -0.05) is 45.0 Å². The molecule has 1 atom stereocenters. The maximum atomic E-state index is 14.4. The number of ether oxygens (including phenoxy) is 2.